The summed E-state index contributed by atoms with van der Waals surface area (Å²) in [5.41, 5.74) is 28.1. The average molecular weight is 1940 g/mol. The fourth-order valence-corrected chi connectivity index (χ4v) is 17.0. The molecule has 24 aromatic heterocycles. The fraction of sp³-hybridized carbons (Fsp3) is 0.140. The zero-order valence-electron chi connectivity index (χ0n) is 79.5. The van der Waals surface area contributed by atoms with E-state index >= 15 is 0 Å². The van der Waals surface area contributed by atoms with Crippen LogP contribution in [0.5, 0.6) is 0 Å². The van der Waals surface area contributed by atoms with Crippen LogP contribution in [0.1, 0.15) is 86.0 Å². The summed E-state index contributed by atoms with van der Waals surface area (Å²) < 4.78 is 0. The number of pyridine rings is 16. The number of hydrogen-bond acceptors (Lipinski definition) is 28. The topological polar surface area (TPSA) is 552 Å². The maximum absolute atomic E-state index is 12.4. The quantitative estimate of drug-likeness (QED) is 0.0283. The zero-order valence-corrected chi connectivity index (χ0v) is 79.5. The number of fused-ring (bicyclic) bond motifs is 8. The van der Waals surface area contributed by atoms with Gasteiger partial charge < -0.3 is 41.2 Å². The van der Waals surface area contributed by atoms with Gasteiger partial charge in [0.15, 0.2) is 45.9 Å². The van der Waals surface area contributed by atoms with Crippen LogP contribution in [0.2, 0.25) is 0 Å². The third-order valence-electron chi connectivity index (χ3n) is 24.3. The number of hydrogen-bond donors (Lipinski definition) is 12. The lowest BCUT2D eigenvalue weighted by atomic mass is 9.92. The second-order valence-electron chi connectivity index (χ2n) is 36.3. The van der Waals surface area contributed by atoms with Crippen LogP contribution in [0, 0.1) is 11.3 Å². The molecular formula is C107H88N36O4. The molecule has 0 spiro atoms. The number of rotatable bonds is 23. The summed E-state index contributed by atoms with van der Waals surface area (Å²) in [5, 5.41) is 44.7. The second kappa shape index (κ2) is 40.3. The molecule has 24 heterocycles. The highest BCUT2D eigenvalue weighted by Crippen LogP contribution is 2.41. The Morgan fingerprint density at radius 2 is 0.585 bits per heavy atom. The first-order valence-electron chi connectivity index (χ1n) is 47.3. The molecule has 0 saturated heterocycles. The van der Waals surface area contributed by atoms with E-state index in [2.05, 4.69) is 169 Å². The summed E-state index contributed by atoms with van der Waals surface area (Å²) >= 11 is 0. The van der Waals surface area contributed by atoms with Gasteiger partial charge in [0.05, 0.1) is 116 Å². The molecule has 40 heteroatoms. The number of H-pyrrole nitrogens is 8. The van der Waals surface area contributed by atoms with Crippen LogP contribution in [0.4, 0.5) is 22.7 Å². The highest BCUT2D eigenvalue weighted by molar-refractivity contribution is 6.04. The van der Waals surface area contributed by atoms with E-state index in [9.17, 15) is 19.2 Å². The number of imidazole rings is 4. The predicted molar refractivity (Wildman–Crippen MR) is 559 cm³/mol. The normalized spacial score (nSPS) is 11.9. The maximum Gasteiger partial charge on any atom is 0.227 e. The number of carbonyl (C=O) groups is 4. The van der Waals surface area contributed by atoms with E-state index in [-0.39, 0.29) is 35.0 Å². The molecule has 0 bridgehead atoms. The molecular weight excluding hydrogens is 1850 g/mol. The van der Waals surface area contributed by atoms with Crippen LogP contribution >= 0.6 is 0 Å². The molecule has 1 aliphatic carbocycles. The molecule has 0 unspecified atom stereocenters. The Kier molecular flexibility index (Phi) is 25.3. The van der Waals surface area contributed by atoms with Crippen molar-refractivity contribution in [3.05, 3.63) is 271 Å². The lowest BCUT2D eigenvalue weighted by Gasteiger charge is -2.17. The summed E-state index contributed by atoms with van der Waals surface area (Å²) in [5.74, 6) is 2.58. The van der Waals surface area contributed by atoms with Gasteiger partial charge in [-0.1, -0.05) is 65.3 Å². The van der Waals surface area contributed by atoms with E-state index in [1.165, 1.54) is 0 Å². The van der Waals surface area contributed by atoms with E-state index in [1.54, 1.807) is 174 Å². The SMILES string of the molecule is CC(C)(C)CC(=O)Nc1cncc(-c2cnc3n[nH]c(-c4nc5c(-c6cccnc6)cncc5[nH]4)c3c2)c1.CCCC(=O)Nc1cncc(-c2cnc3n[nH]c(-c4nc5c(-c6cccnc6)cncc5[nH]4)c3c2)c1.CCCCC(=O)Nc1cncc(-c2cnc3n[nH]c(-c4nc5c(-c6cccnc6)cncc5[nH]4)c3c2)c1.O=C(Nc1cncc(-c2cnc3n[nH]c(-c4nc5c(-c6cccnc6)cncc5[nH]4)c3c2)c1)C1CC1. The summed E-state index contributed by atoms with van der Waals surface area (Å²) in [6, 6.07) is 31.0. The minimum Gasteiger partial charge on any atom is -0.335 e. The van der Waals surface area contributed by atoms with Gasteiger partial charge in [0.1, 0.15) is 44.8 Å². The first kappa shape index (κ1) is 92.1. The van der Waals surface area contributed by atoms with Gasteiger partial charge in [-0.15, -0.1) is 0 Å². The summed E-state index contributed by atoms with van der Waals surface area (Å²) in [7, 11) is 0. The Bertz CT molecular complexity index is 9040. The molecule has 0 aliphatic heterocycles. The maximum atomic E-state index is 12.4. The molecule has 25 rings (SSSR count). The van der Waals surface area contributed by atoms with Crippen molar-refractivity contribution in [2.45, 2.75) is 86.0 Å². The monoisotopic (exact) mass is 1940 g/mol. The van der Waals surface area contributed by atoms with Crippen molar-refractivity contribution in [1.82, 2.24) is 160 Å². The molecule has 24 aromatic rings. The molecule has 1 saturated carbocycles. The molecule has 12 N–H and O–H groups in total. The first-order valence-corrected chi connectivity index (χ1v) is 47.3. The Hall–Kier alpha value is -20.0. The predicted octanol–water partition coefficient (Wildman–Crippen LogP) is 19.7. The van der Waals surface area contributed by atoms with Crippen LogP contribution in [-0.4, -0.2) is 184 Å². The molecule has 4 amide bonds. The molecule has 1 aliphatic rings. The smallest absolute Gasteiger partial charge is 0.227 e. The van der Waals surface area contributed by atoms with E-state index in [0.29, 0.717) is 99.3 Å². The molecule has 0 aromatic carbocycles. The van der Waals surface area contributed by atoms with Crippen molar-refractivity contribution in [2.75, 3.05) is 21.3 Å². The van der Waals surface area contributed by atoms with Crippen molar-refractivity contribution in [2.24, 2.45) is 11.3 Å². The van der Waals surface area contributed by atoms with Gasteiger partial charge in [-0.05, 0) is 104 Å². The Morgan fingerprint density at radius 1 is 0.306 bits per heavy atom. The first-order chi connectivity index (χ1) is 71.9. The number of unbranched alkanes of at least 4 members (excludes halogenated alkanes) is 1. The lowest BCUT2D eigenvalue weighted by molar-refractivity contribution is -0.118. The molecule has 720 valence electrons. The van der Waals surface area contributed by atoms with Crippen LogP contribution in [0.3, 0.4) is 0 Å². The zero-order chi connectivity index (χ0) is 100. The summed E-state index contributed by atoms with van der Waals surface area (Å²) in [6.45, 7) is 10.1. The highest BCUT2D eigenvalue weighted by atomic mass is 16.2. The van der Waals surface area contributed by atoms with Gasteiger partial charge in [0.25, 0.3) is 0 Å². The molecule has 40 nitrogen and oxygen atoms in total. The standard InChI is InChI=1S/C28H25N9O.C27H23N9O.C26H19N9O.C26H21N9O/c1-28(2,3)9-23(38)33-19-7-17(11-30-13-19)18-8-20-25(36-37-26(20)32-12-18)27-34-22-15-31-14-21(24(22)35-27)16-5-4-6-29-10-16;1-2-3-6-23(37)32-19-8-17(11-29-13-19)18-9-20-25(35-36-26(20)31-12-18)27-33-22-15-30-14-21(24(22)34-27)16-5-4-7-28-10-16;36-26(14-3-4-14)31-18-6-16(9-28-11-18)17-7-19-23(34-35-24(19)30-10-17)25-32-21-13-29-12-20(22(21)33-25)15-2-1-5-27-8-15;1-2-4-22(36)31-18-7-16(10-28-12-18)17-8-19-24(34-35-25(19)30-11-17)26-32-21-14-29-13-20(23(21)33-26)15-5-3-6-27-9-15/h4-8,10-15H,9H2,1-3H3,(H,33,38)(H,34,35)(H,32,36,37);4-5,7-15H,2-3,6H2,1H3,(H,32,37)(H,33,34)(H,31,35,36);1-2,5-14H,3-4H2,(H,31,36)(H,32,33)(H,30,34,35);3,5-14H,2,4H2,1H3,(H,31,36)(H,32,33)(H,30,34,35). The van der Waals surface area contributed by atoms with E-state index < -0.39 is 0 Å². The van der Waals surface area contributed by atoms with Gasteiger partial charge in [-0.2, -0.15) is 20.4 Å². The van der Waals surface area contributed by atoms with Gasteiger partial charge in [-0.25, -0.2) is 39.9 Å². The number of anilines is 4. The van der Waals surface area contributed by atoms with Crippen molar-refractivity contribution in [3.8, 4) is 135 Å². The number of nitrogens with zero attached hydrogens (tertiary/aromatic N) is 24. The van der Waals surface area contributed by atoms with Crippen molar-refractivity contribution < 1.29 is 19.2 Å². The van der Waals surface area contributed by atoms with Crippen LogP contribution in [0.25, 0.3) is 223 Å². The largest absolute Gasteiger partial charge is 0.335 e. The van der Waals surface area contributed by atoms with Gasteiger partial charge >= 0.3 is 0 Å². The number of amides is 4. The van der Waals surface area contributed by atoms with Gasteiger partial charge in [0, 0.05) is 238 Å². The minimum absolute atomic E-state index is 0.0171. The molecule has 0 atom stereocenters. The number of carbonyl (C=O) groups excluding carboxylic acids is 4. The van der Waals surface area contributed by atoms with E-state index in [4.69, 9.17) is 19.9 Å². The second-order valence-corrected chi connectivity index (χ2v) is 36.3. The summed E-state index contributed by atoms with van der Waals surface area (Å²) in [6.07, 6.45) is 54.7. The Labute approximate surface area is 833 Å². The number of nitrogens with one attached hydrogen (secondary N) is 12. The van der Waals surface area contributed by atoms with Crippen molar-refractivity contribution in [1.29, 1.82) is 0 Å². The number of aromatic nitrogens is 32. The third-order valence-corrected chi connectivity index (χ3v) is 24.3. The minimum atomic E-state index is -0.104. The van der Waals surface area contributed by atoms with Gasteiger partial charge in [-0.3, -0.25) is 99.4 Å². The van der Waals surface area contributed by atoms with Crippen LogP contribution < -0.4 is 21.3 Å². The summed E-state index contributed by atoms with van der Waals surface area (Å²) in [4.78, 5) is 151. The Balaban J connectivity index is 0.000000111. The Morgan fingerprint density at radius 3 is 0.864 bits per heavy atom. The fourth-order valence-electron chi connectivity index (χ4n) is 17.0. The van der Waals surface area contributed by atoms with Crippen molar-refractivity contribution >= 4 is 135 Å². The highest BCUT2D eigenvalue weighted by Gasteiger charge is 2.31. The molecule has 1 fully saturated rings. The third kappa shape index (κ3) is 20.0. The molecule has 0 radical (unpaired) electrons. The van der Waals surface area contributed by atoms with Gasteiger partial charge in [0.2, 0.25) is 23.6 Å². The molecule has 147 heavy (non-hydrogen) atoms. The van der Waals surface area contributed by atoms with E-state index in [0.717, 1.165) is 198 Å². The van der Waals surface area contributed by atoms with E-state index in [1.807, 2.05) is 125 Å². The number of aromatic amines is 8. The van der Waals surface area contributed by atoms with Crippen LogP contribution in [0.15, 0.2) is 271 Å². The van der Waals surface area contributed by atoms with Crippen LogP contribution in [-0.2, 0) is 19.2 Å². The van der Waals surface area contributed by atoms with Crippen molar-refractivity contribution in [3.63, 3.8) is 0 Å². The average Bonchev–Trinajstić information content (AvgIpc) is 1.63. The lowest BCUT2D eigenvalue weighted by Crippen LogP contribution is -2.19.